The van der Waals surface area contributed by atoms with Gasteiger partial charge in [-0.15, -0.1) is 11.3 Å². The van der Waals surface area contributed by atoms with Gasteiger partial charge >= 0.3 is 0 Å². The summed E-state index contributed by atoms with van der Waals surface area (Å²) >= 11 is 6.69. The SMILES string of the molecule is NC(=S)c1ccccc1OCCCOCc1cccs1. The van der Waals surface area contributed by atoms with Gasteiger partial charge in [-0.25, -0.2) is 0 Å². The number of ether oxygens (including phenoxy) is 2. The van der Waals surface area contributed by atoms with Crippen molar-refractivity contribution in [2.45, 2.75) is 13.0 Å². The van der Waals surface area contributed by atoms with E-state index >= 15 is 0 Å². The third kappa shape index (κ3) is 4.59. The lowest BCUT2D eigenvalue weighted by Gasteiger charge is -2.10. The highest BCUT2D eigenvalue weighted by Gasteiger charge is 2.04. The van der Waals surface area contributed by atoms with Crippen molar-refractivity contribution in [3.63, 3.8) is 0 Å². The fraction of sp³-hybridized carbons (Fsp3) is 0.267. The van der Waals surface area contributed by atoms with Gasteiger partial charge < -0.3 is 15.2 Å². The topological polar surface area (TPSA) is 44.5 Å². The van der Waals surface area contributed by atoms with Crippen LogP contribution in [-0.4, -0.2) is 18.2 Å². The van der Waals surface area contributed by atoms with Crippen LogP contribution >= 0.6 is 23.6 Å². The average molecular weight is 307 g/mol. The van der Waals surface area contributed by atoms with Crippen LogP contribution in [0.25, 0.3) is 0 Å². The van der Waals surface area contributed by atoms with Crippen molar-refractivity contribution >= 4 is 28.5 Å². The van der Waals surface area contributed by atoms with Crippen LogP contribution in [0.5, 0.6) is 5.75 Å². The summed E-state index contributed by atoms with van der Waals surface area (Å²) in [5.74, 6) is 0.734. The highest BCUT2D eigenvalue weighted by molar-refractivity contribution is 7.80. The molecule has 1 heterocycles. The smallest absolute Gasteiger partial charge is 0.129 e. The van der Waals surface area contributed by atoms with Crippen LogP contribution in [0, 0.1) is 0 Å². The molecule has 0 fully saturated rings. The summed E-state index contributed by atoms with van der Waals surface area (Å²) in [5.41, 5.74) is 6.43. The van der Waals surface area contributed by atoms with Gasteiger partial charge in [0.2, 0.25) is 0 Å². The van der Waals surface area contributed by atoms with Gasteiger partial charge in [0.25, 0.3) is 0 Å². The molecule has 1 aromatic carbocycles. The van der Waals surface area contributed by atoms with Crippen LogP contribution in [0.1, 0.15) is 16.9 Å². The maximum absolute atomic E-state index is 5.69. The van der Waals surface area contributed by atoms with Crippen molar-refractivity contribution in [3.8, 4) is 5.75 Å². The van der Waals surface area contributed by atoms with Gasteiger partial charge in [0.1, 0.15) is 10.7 Å². The fourth-order valence-electron chi connectivity index (χ4n) is 1.71. The van der Waals surface area contributed by atoms with Crippen molar-refractivity contribution in [3.05, 3.63) is 52.2 Å². The summed E-state index contributed by atoms with van der Waals surface area (Å²) in [6.07, 6.45) is 0.830. The third-order valence-electron chi connectivity index (χ3n) is 2.67. The molecule has 0 spiro atoms. The predicted octanol–water partition coefficient (Wildman–Crippen LogP) is 3.37. The van der Waals surface area contributed by atoms with Crippen LogP contribution < -0.4 is 10.5 Å². The lowest BCUT2D eigenvalue weighted by Crippen LogP contribution is -2.12. The lowest BCUT2D eigenvalue weighted by atomic mass is 10.2. The summed E-state index contributed by atoms with van der Waals surface area (Å²) in [6, 6.07) is 11.6. The van der Waals surface area contributed by atoms with Crippen molar-refractivity contribution in [1.29, 1.82) is 0 Å². The molecule has 0 aliphatic heterocycles. The van der Waals surface area contributed by atoms with E-state index in [0.717, 1.165) is 17.7 Å². The fourth-order valence-corrected chi connectivity index (χ4v) is 2.52. The minimum absolute atomic E-state index is 0.356. The summed E-state index contributed by atoms with van der Waals surface area (Å²) in [6.45, 7) is 1.93. The zero-order chi connectivity index (χ0) is 14.2. The lowest BCUT2D eigenvalue weighted by molar-refractivity contribution is 0.109. The van der Waals surface area contributed by atoms with Crippen molar-refractivity contribution in [2.24, 2.45) is 5.73 Å². The van der Waals surface area contributed by atoms with Gasteiger partial charge in [0.05, 0.1) is 25.4 Å². The second kappa shape index (κ2) is 7.99. The highest BCUT2D eigenvalue weighted by Crippen LogP contribution is 2.17. The van der Waals surface area contributed by atoms with E-state index < -0.39 is 0 Å². The Morgan fingerprint density at radius 2 is 2.00 bits per heavy atom. The molecule has 2 N–H and O–H groups in total. The first-order chi connectivity index (χ1) is 9.77. The van der Waals surface area contributed by atoms with Crippen LogP contribution in [0.2, 0.25) is 0 Å². The molecular weight excluding hydrogens is 290 g/mol. The summed E-state index contributed by atoms with van der Waals surface area (Å²) in [5, 5.41) is 2.05. The van der Waals surface area contributed by atoms with E-state index in [1.54, 1.807) is 11.3 Å². The Kier molecular flexibility index (Phi) is 5.98. The number of para-hydroxylation sites is 1. The molecule has 3 nitrogen and oxygen atoms in total. The Morgan fingerprint density at radius 1 is 1.15 bits per heavy atom. The molecule has 20 heavy (non-hydrogen) atoms. The van der Waals surface area contributed by atoms with Gasteiger partial charge in [-0.1, -0.05) is 30.4 Å². The van der Waals surface area contributed by atoms with E-state index in [1.165, 1.54) is 4.88 Å². The van der Waals surface area contributed by atoms with Crippen LogP contribution in [0.15, 0.2) is 41.8 Å². The summed E-state index contributed by atoms with van der Waals surface area (Å²) < 4.78 is 11.3. The minimum Gasteiger partial charge on any atom is -0.493 e. The standard InChI is InChI=1S/C15H17NO2S2/c16-15(19)13-6-1-2-7-14(13)18-9-4-8-17-11-12-5-3-10-20-12/h1-3,5-7,10H,4,8-9,11H2,(H2,16,19). The van der Waals surface area contributed by atoms with Crippen molar-refractivity contribution < 1.29 is 9.47 Å². The molecule has 0 saturated carbocycles. The zero-order valence-corrected chi connectivity index (χ0v) is 12.7. The maximum atomic E-state index is 5.69. The second-order valence-electron chi connectivity index (χ2n) is 4.19. The maximum Gasteiger partial charge on any atom is 0.129 e. The highest BCUT2D eigenvalue weighted by atomic mass is 32.1. The Labute approximate surface area is 128 Å². The van der Waals surface area contributed by atoms with Gasteiger partial charge in [-0.3, -0.25) is 0 Å². The van der Waals surface area contributed by atoms with Crippen molar-refractivity contribution in [1.82, 2.24) is 0 Å². The van der Waals surface area contributed by atoms with E-state index in [1.807, 2.05) is 30.3 Å². The molecule has 0 aliphatic carbocycles. The average Bonchev–Trinajstić information content (AvgIpc) is 2.96. The molecule has 0 saturated heterocycles. The van der Waals surface area contributed by atoms with E-state index in [2.05, 4.69) is 11.4 Å². The minimum atomic E-state index is 0.356. The number of nitrogens with two attached hydrogens (primary N) is 1. The first-order valence-corrected chi connectivity index (χ1v) is 7.68. The van der Waals surface area contributed by atoms with Crippen LogP contribution in [-0.2, 0) is 11.3 Å². The molecular formula is C15H17NO2S2. The summed E-state index contributed by atoms with van der Waals surface area (Å²) in [7, 11) is 0. The monoisotopic (exact) mass is 307 g/mol. The number of benzene rings is 1. The quantitative estimate of drug-likeness (QED) is 0.600. The van der Waals surface area contributed by atoms with E-state index in [9.17, 15) is 0 Å². The molecule has 2 aromatic rings. The largest absolute Gasteiger partial charge is 0.493 e. The molecule has 5 heteroatoms. The Balaban J connectivity index is 1.67. The van der Waals surface area contributed by atoms with E-state index in [0.29, 0.717) is 24.8 Å². The molecule has 1 aromatic heterocycles. The number of thiophene rings is 1. The molecule has 0 atom stereocenters. The van der Waals surface area contributed by atoms with Gasteiger partial charge in [-0.2, -0.15) is 0 Å². The van der Waals surface area contributed by atoms with Gasteiger partial charge in [-0.05, 0) is 23.6 Å². The number of hydrogen-bond donors (Lipinski definition) is 1. The number of rotatable bonds is 8. The molecule has 0 amide bonds. The molecule has 0 bridgehead atoms. The first-order valence-electron chi connectivity index (χ1n) is 6.39. The zero-order valence-electron chi connectivity index (χ0n) is 11.1. The first kappa shape index (κ1) is 15.0. The number of thiocarbonyl (C=S) groups is 1. The predicted molar refractivity (Wildman–Crippen MR) is 86.4 cm³/mol. The Hall–Kier alpha value is -1.43. The van der Waals surface area contributed by atoms with Gasteiger partial charge in [0, 0.05) is 11.3 Å². The van der Waals surface area contributed by atoms with E-state index in [-0.39, 0.29) is 0 Å². The Morgan fingerprint density at radius 3 is 2.75 bits per heavy atom. The van der Waals surface area contributed by atoms with Crippen LogP contribution in [0.3, 0.4) is 0 Å². The van der Waals surface area contributed by atoms with Crippen molar-refractivity contribution in [2.75, 3.05) is 13.2 Å². The normalized spacial score (nSPS) is 10.4. The molecule has 106 valence electrons. The third-order valence-corrected chi connectivity index (χ3v) is 3.74. The summed E-state index contributed by atoms with van der Waals surface area (Å²) in [4.78, 5) is 1.60. The Bertz CT molecular complexity index is 541. The second-order valence-corrected chi connectivity index (χ2v) is 5.67. The molecule has 0 aliphatic rings. The molecule has 0 unspecified atom stereocenters. The number of hydrogen-bond acceptors (Lipinski definition) is 4. The molecule has 0 radical (unpaired) electrons. The molecule has 2 rings (SSSR count). The van der Waals surface area contributed by atoms with E-state index in [4.69, 9.17) is 27.4 Å². The van der Waals surface area contributed by atoms with Crippen LogP contribution in [0.4, 0.5) is 0 Å². The van der Waals surface area contributed by atoms with Gasteiger partial charge in [0.15, 0.2) is 0 Å².